The quantitative estimate of drug-likeness (QED) is 0.539. The Morgan fingerprint density at radius 1 is 1.06 bits per heavy atom. The van der Waals surface area contributed by atoms with Crippen molar-refractivity contribution in [2.45, 2.75) is 39.8 Å². The van der Waals surface area contributed by atoms with E-state index in [2.05, 4.69) is 5.32 Å². The van der Waals surface area contributed by atoms with E-state index in [-0.39, 0.29) is 18.1 Å². The van der Waals surface area contributed by atoms with Crippen LogP contribution in [0.2, 0.25) is 0 Å². The molecule has 0 saturated heterocycles. The van der Waals surface area contributed by atoms with E-state index in [4.69, 9.17) is 4.74 Å². The molecule has 180 valence electrons. The Morgan fingerprint density at radius 3 is 2.27 bits per heavy atom. The number of likely N-dealkylation sites (N-methyl/N-ethyl adjacent to an activating group) is 1. The maximum atomic E-state index is 13.6. The van der Waals surface area contributed by atoms with Gasteiger partial charge in [0.05, 0.1) is 19.1 Å². The van der Waals surface area contributed by atoms with Gasteiger partial charge in [-0.1, -0.05) is 43.3 Å². The highest BCUT2D eigenvalue weighted by Crippen LogP contribution is 2.29. The minimum atomic E-state index is -3.82. The minimum absolute atomic E-state index is 0.185. The second-order valence-corrected chi connectivity index (χ2v) is 9.62. The molecule has 0 aliphatic carbocycles. The van der Waals surface area contributed by atoms with Crippen molar-refractivity contribution < 1.29 is 22.7 Å². The first-order valence-corrected chi connectivity index (χ1v) is 12.7. The number of methoxy groups -OCH3 is 1. The molecule has 2 amide bonds. The van der Waals surface area contributed by atoms with E-state index in [0.717, 1.165) is 21.7 Å². The van der Waals surface area contributed by atoms with Crippen molar-refractivity contribution in [3.8, 4) is 5.75 Å². The highest BCUT2D eigenvalue weighted by atomic mass is 32.2. The zero-order valence-electron chi connectivity index (χ0n) is 19.9. The number of aryl methyl sites for hydroxylation is 1. The highest BCUT2D eigenvalue weighted by molar-refractivity contribution is 7.92. The Morgan fingerprint density at radius 2 is 1.70 bits per heavy atom. The van der Waals surface area contributed by atoms with E-state index in [1.165, 1.54) is 12.0 Å². The van der Waals surface area contributed by atoms with E-state index in [1.54, 1.807) is 24.3 Å². The number of benzene rings is 2. The van der Waals surface area contributed by atoms with Gasteiger partial charge >= 0.3 is 0 Å². The van der Waals surface area contributed by atoms with Gasteiger partial charge < -0.3 is 15.0 Å². The monoisotopic (exact) mass is 475 g/mol. The summed E-state index contributed by atoms with van der Waals surface area (Å²) in [5.74, 6) is -0.422. The van der Waals surface area contributed by atoms with Crippen LogP contribution in [0.5, 0.6) is 5.75 Å². The van der Waals surface area contributed by atoms with Crippen molar-refractivity contribution in [2.24, 2.45) is 0 Å². The molecule has 2 rings (SSSR count). The van der Waals surface area contributed by atoms with E-state index in [0.29, 0.717) is 18.7 Å². The second-order valence-electron chi connectivity index (χ2n) is 7.71. The topological polar surface area (TPSA) is 96.0 Å². The molecule has 0 aliphatic rings. The zero-order chi connectivity index (χ0) is 24.6. The molecule has 2 aromatic carbocycles. The molecule has 0 heterocycles. The van der Waals surface area contributed by atoms with Crippen LogP contribution < -0.4 is 14.4 Å². The SMILES string of the molecule is CCNC(=O)[C@H](CC)N(Cc1ccccc1C)C(=O)CN(c1ccccc1OC)S(C)(=O)=O. The fraction of sp³-hybridized carbons (Fsp3) is 0.417. The lowest BCUT2D eigenvalue weighted by Crippen LogP contribution is -2.52. The summed E-state index contributed by atoms with van der Waals surface area (Å²) >= 11 is 0. The molecule has 0 spiro atoms. The molecular formula is C24H33N3O5S. The zero-order valence-corrected chi connectivity index (χ0v) is 20.7. The van der Waals surface area contributed by atoms with Gasteiger partial charge in [0.15, 0.2) is 0 Å². The maximum Gasteiger partial charge on any atom is 0.244 e. The van der Waals surface area contributed by atoms with Crippen molar-refractivity contribution >= 4 is 27.5 Å². The third-order valence-electron chi connectivity index (χ3n) is 5.37. The minimum Gasteiger partial charge on any atom is -0.495 e. The molecule has 1 N–H and O–H groups in total. The van der Waals surface area contributed by atoms with Crippen molar-refractivity contribution in [3.63, 3.8) is 0 Å². The summed E-state index contributed by atoms with van der Waals surface area (Å²) < 4.78 is 31.7. The van der Waals surface area contributed by atoms with Crippen LogP contribution >= 0.6 is 0 Å². The predicted molar refractivity (Wildman–Crippen MR) is 130 cm³/mol. The van der Waals surface area contributed by atoms with Crippen LogP contribution in [-0.2, 0) is 26.2 Å². The van der Waals surface area contributed by atoms with Crippen molar-refractivity contribution in [2.75, 3.05) is 30.8 Å². The van der Waals surface area contributed by atoms with Crippen molar-refractivity contribution in [1.29, 1.82) is 0 Å². The lowest BCUT2D eigenvalue weighted by Gasteiger charge is -2.33. The molecule has 0 aliphatic heterocycles. The van der Waals surface area contributed by atoms with E-state index in [1.807, 2.05) is 45.0 Å². The van der Waals surface area contributed by atoms with E-state index in [9.17, 15) is 18.0 Å². The number of nitrogens with one attached hydrogen (secondary N) is 1. The molecule has 0 radical (unpaired) electrons. The highest BCUT2D eigenvalue weighted by Gasteiger charge is 2.32. The number of amides is 2. The molecular weight excluding hydrogens is 442 g/mol. The number of rotatable bonds is 11. The van der Waals surface area contributed by atoms with Gasteiger partial charge in [-0.3, -0.25) is 13.9 Å². The van der Waals surface area contributed by atoms with Gasteiger partial charge in [-0.15, -0.1) is 0 Å². The number of nitrogens with zero attached hydrogens (tertiary/aromatic N) is 2. The molecule has 0 fully saturated rings. The van der Waals surface area contributed by atoms with Gasteiger partial charge in [0.25, 0.3) is 0 Å². The van der Waals surface area contributed by atoms with Gasteiger partial charge in [0, 0.05) is 13.1 Å². The van der Waals surface area contributed by atoms with Crippen LogP contribution in [0.4, 0.5) is 5.69 Å². The summed E-state index contributed by atoms with van der Waals surface area (Å²) in [5.41, 5.74) is 2.13. The lowest BCUT2D eigenvalue weighted by atomic mass is 10.1. The average molecular weight is 476 g/mol. The van der Waals surface area contributed by atoms with Gasteiger partial charge in [0.1, 0.15) is 18.3 Å². The molecule has 0 saturated carbocycles. The number of sulfonamides is 1. The number of anilines is 1. The van der Waals surface area contributed by atoms with Crippen LogP contribution in [0.1, 0.15) is 31.4 Å². The molecule has 0 unspecified atom stereocenters. The third kappa shape index (κ3) is 6.71. The summed E-state index contributed by atoms with van der Waals surface area (Å²) in [6.07, 6.45) is 1.43. The number of carbonyl (C=O) groups excluding carboxylic acids is 2. The summed E-state index contributed by atoms with van der Waals surface area (Å²) in [7, 11) is -2.38. The maximum absolute atomic E-state index is 13.6. The number of para-hydroxylation sites is 2. The van der Waals surface area contributed by atoms with Crippen LogP contribution in [-0.4, -0.2) is 57.6 Å². The fourth-order valence-corrected chi connectivity index (χ4v) is 4.47. The van der Waals surface area contributed by atoms with Crippen LogP contribution in [0.15, 0.2) is 48.5 Å². The molecule has 33 heavy (non-hydrogen) atoms. The molecule has 0 aromatic heterocycles. The average Bonchev–Trinajstić information content (AvgIpc) is 2.77. The number of carbonyl (C=O) groups is 2. The molecule has 0 bridgehead atoms. The Balaban J connectivity index is 2.48. The van der Waals surface area contributed by atoms with Gasteiger partial charge in [-0.25, -0.2) is 8.42 Å². The van der Waals surface area contributed by atoms with Gasteiger partial charge in [-0.05, 0) is 43.5 Å². The Kier molecular flexibility index (Phi) is 9.28. The lowest BCUT2D eigenvalue weighted by molar-refractivity contribution is -0.140. The Hall–Kier alpha value is -3.07. The molecule has 8 nitrogen and oxygen atoms in total. The summed E-state index contributed by atoms with van der Waals surface area (Å²) in [6, 6.07) is 13.5. The van der Waals surface area contributed by atoms with Crippen molar-refractivity contribution in [1.82, 2.24) is 10.2 Å². The largest absolute Gasteiger partial charge is 0.495 e. The standard InChI is InChI=1S/C24H33N3O5S/c1-6-20(24(29)25-7-2)26(16-19-13-9-8-12-18(19)3)23(28)17-27(33(5,30)31)21-14-10-11-15-22(21)32-4/h8-15,20H,6-7,16-17H2,1-5H3,(H,25,29)/t20-/m0/s1. The Labute approximate surface area is 196 Å². The Bertz CT molecular complexity index is 1070. The van der Waals surface area contributed by atoms with Crippen LogP contribution in [0.25, 0.3) is 0 Å². The van der Waals surface area contributed by atoms with Crippen LogP contribution in [0, 0.1) is 6.92 Å². The summed E-state index contributed by atoms with van der Waals surface area (Å²) in [4.78, 5) is 27.8. The van der Waals surface area contributed by atoms with E-state index >= 15 is 0 Å². The van der Waals surface area contributed by atoms with Gasteiger partial charge in [-0.2, -0.15) is 0 Å². The third-order valence-corrected chi connectivity index (χ3v) is 6.50. The van der Waals surface area contributed by atoms with Gasteiger partial charge in [0.2, 0.25) is 21.8 Å². The normalized spacial score (nSPS) is 12.0. The first kappa shape index (κ1) is 26.2. The smallest absolute Gasteiger partial charge is 0.244 e. The number of hydrogen-bond acceptors (Lipinski definition) is 5. The second kappa shape index (κ2) is 11.7. The summed E-state index contributed by atoms with van der Waals surface area (Å²) in [5, 5.41) is 2.78. The van der Waals surface area contributed by atoms with E-state index < -0.39 is 28.5 Å². The predicted octanol–water partition coefficient (Wildman–Crippen LogP) is 2.71. The fourth-order valence-electron chi connectivity index (χ4n) is 3.61. The number of ether oxygens (including phenoxy) is 1. The molecule has 1 atom stereocenters. The molecule has 2 aromatic rings. The number of hydrogen-bond donors (Lipinski definition) is 1. The van der Waals surface area contributed by atoms with Crippen molar-refractivity contribution in [3.05, 3.63) is 59.7 Å². The van der Waals surface area contributed by atoms with Crippen LogP contribution in [0.3, 0.4) is 0 Å². The summed E-state index contributed by atoms with van der Waals surface area (Å²) in [6.45, 7) is 5.73. The first-order valence-electron chi connectivity index (χ1n) is 10.9. The first-order chi connectivity index (χ1) is 15.6. The molecule has 9 heteroatoms.